The number of nitrogens with two attached hydrogens (primary N) is 1. The Morgan fingerprint density at radius 3 is 2.72 bits per heavy atom. The molecule has 1 aromatic heterocycles. The molecule has 2 aromatic rings. The third-order valence-corrected chi connectivity index (χ3v) is 3.24. The summed E-state index contributed by atoms with van der Waals surface area (Å²) in [6.45, 7) is 0. The first-order chi connectivity index (χ1) is 8.61. The lowest BCUT2D eigenvalue weighted by atomic mass is 10.0. The van der Waals surface area contributed by atoms with E-state index < -0.39 is 0 Å². The lowest BCUT2D eigenvalue weighted by Gasteiger charge is -2.13. The van der Waals surface area contributed by atoms with Gasteiger partial charge in [-0.25, -0.2) is 4.39 Å². The average molecular weight is 311 g/mol. The van der Waals surface area contributed by atoms with Gasteiger partial charge in [-0.2, -0.15) is 0 Å². The number of hydrogen-bond acceptors (Lipinski definition) is 3. The molecular formula is C13H12BrFN2O. The number of aromatic nitrogens is 1. The number of methoxy groups -OCH3 is 1. The lowest BCUT2D eigenvalue weighted by molar-refractivity contribution is 0.412. The summed E-state index contributed by atoms with van der Waals surface area (Å²) in [4.78, 5) is 4.05. The van der Waals surface area contributed by atoms with Crippen LogP contribution in [0.2, 0.25) is 0 Å². The highest BCUT2D eigenvalue weighted by Crippen LogP contribution is 2.25. The fraction of sp³-hybridized carbons (Fsp3) is 0.154. The topological polar surface area (TPSA) is 48.1 Å². The molecular weight excluding hydrogens is 299 g/mol. The Hall–Kier alpha value is -1.46. The van der Waals surface area contributed by atoms with Crippen molar-refractivity contribution in [3.63, 3.8) is 0 Å². The quantitative estimate of drug-likeness (QED) is 0.948. The zero-order valence-corrected chi connectivity index (χ0v) is 11.3. The molecule has 1 heterocycles. The van der Waals surface area contributed by atoms with Gasteiger partial charge in [0.15, 0.2) is 0 Å². The van der Waals surface area contributed by atoms with E-state index in [0.29, 0.717) is 10.2 Å². The van der Waals surface area contributed by atoms with Gasteiger partial charge in [0, 0.05) is 6.20 Å². The van der Waals surface area contributed by atoms with Crippen LogP contribution in [0, 0.1) is 5.82 Å². The number of benzene rings is 1. The van der Waals surface area contributed by atoms with Gasteiger partial charge in [0.25, 0.3) is 0 Å². The molecule has 0 fully saturated rings. The van der Waals surface area contributed by atoms with Gasteiger partial charge >= 0.3 is 0 Å². The second kappa shape index (κ2) is 5.46. The summed E-state index contributed by atoms with van der Waals surface area (Å²) < 4.78 is 18.7. The van der Waals surface area contributed by atoms with Crippen LogP contribution in [0.5, 0.6) is 5.75 Å². The Morgan fingerprint density at radius 1 is 1.28 bits per heavy atom. The van der Waals surface area contributed by atoms with Crippen LogP contribution in [0.15, 0.2) is 41.1 Å². The average Bonchev–Trinajstić information content (AvgIpc) is 2.41. The maximum absolute atomic E-state index is 13.2. The first kappa shape index (κ1) is 13.0. The van der Waals surface area contributed by atoms with E-state index in [1.165, 1.54) is 6.07 Å². The molecule has 94 valence electrons. The number of ether oxygens (including phenoxy) is 1. The Kier molecular flexibility index (Phi) is 3.93. The van der Waals surface area contributed by atoms with Crippen LogP contribution < -0.4 is 10.5 Å². The second-order valence-electron chi connectivity index (χ2n) is 3.81. The van der Waals surface area contributed by atoms with E-state index in [1.54, 1.807) is 31.6 Å². The fourth-order valence-corrected chi connectivity index (χ4v) is 2.01. The third-order valence-electron chi connectivity index (χ3n) is 2.63. The molecule has 0 aliphatic rings. The van der Waals surface area contributed by atoms with Crippen molar-refractivity contribution in [3.05, 3.63) is 58.1 Å². The highest BCUT2D eigenvalue weighted by molar-refractivity contribution is 9.10. The molecule has 0 amide bonds. The summed E-state index contributed by atoms with van der Waals surface area (Å²) in [5, 5.41) is 0. The summed E-state index contributed by atoms with van der Waals surface area (Å²) in [6, 6.07) is 6.15. The van der Waals surface area contributed by atoms with Crippen molar-refractivity contribution in [3.8, 4) is 5.75 Å². The second-order valence-corrected chi connectivity index (χ2v) is 4.66. The molecule has 0 spiro atoms. The number of nitrogens with zero attached hydrogens (tertiary/aromatic N) is 1. The van der Waals surface area contributed by atoms with E-state index >= 15 is 0 Å². The normalized spacial score (nSPS) is 12.2. The van der Waals surface area contributed by atoms with Crippen molar-refractivity contribution in [1.29, 1.82) is 0 Å². The summed E-state index contributed by atoms with van der Waals surface area (Å²) in [7, 11) is 1.57. The maximum Gasteiger partial charge on any atom is 0.137 e. The van der Waals surface area contributed by atoms with Gasteiger partial charge in [0.1, 0.15) is 11.6 Å². The van der Waals surface area contributed by atoms with Crippen molar-refractivity contribution in [2.45, 2.75) is 6.04 Å². The standard InChI is InChI=1S/C13H12BrFN2O/c1-18-10-4-9(6-17-7-10)13(16)8-2-3-12(15)11(14)5-8/h2-7,13H,16H2,1H3. The maximum atomic E-state index is 13.2. The Balaban J connectivity index is 2.34. The van der Waals surface area contributed by atoms with Crippen molar-refractivity contribution >= 4 is 15.9 Å². The van der Waals surface area contributed by atoms with Crippen LogP contribution in [0.4, 0.5) is 4.39 Å². The van der Waals surface area contributed by atoms with Crippen molar-refractivity contribution in [1.82, 2.24) is 4.98 Å². The monoisotopic (exact) mass is 310 g/mol. The van der Waals surface area contributed by atoms with Crippen LogP contribution in [0.25, 0.3) is 0 Å². The molecule has 0 bridgehead atoms. The molecule has 2 rings (SSSR count). The van der Waals surface area contributed by atoms with E-state index in [0.717, 1.165) is 11.1 Å². The zero-order chi connectivity index (χ0) is 13.1. The molecule has 0 aliphatic heterocycles. The van der Waals surface area contributed by atoms with Crippen LogP contribution in [0.1, 0.15) is 17.2 Å². The summed E-state index contributed by atoms with van der Waals surface area (Å²) in [6.07, 6.45) is 3.28. The first-order valence-electron chi connectivity index (χ1n) is 5.31. The molecule has 18 heavy (non-hydrogen) atoms. The summed E-state index contributed by atoms with van der Waals surface area (Å²) in [5.41, 5.74) is 7.74. The van der Waals surface area contributed by atoms with Crippen molar-refractivity contribution in [2.24, 2.45) is 5.73 Å². The van der Waals surface area contributed by atoms with Gasteiger partial charge in [-0.05, 0) is 45.3 Å². The molecule has 3 nitrogen and oxygen atoms in total. The number of halogens is 2. The molecule has 1 aromatic carbocycles. The predicted octanol–water partition coefficient (Wildman–Crippen LogP) is 3.04. The highest BCUT2D eigenvalue weighted by atomic mass is 79.9. The van der Waals surface area contributed by atoms with E-state index in [4.69, 9.17) is 10.5 Å². The van der Waals surface area contributed by atoms with Gasteiger partial charge in [-0.1, -0.05) is 6.07 Å². The number of rotatable bonds is 3. The van der Waals surface area contributed by atoms with Crippen LogP contribution >= 0.6 is 15.9 Å². The van der Waals surface area contributed by atoms with Crippen molar-refractivity contribution in [2.75, 3.05) is 7.11 Å². The van der Waals surface area contributed by atoms with E-state index in [2.05, 4.69) is 20.9 Å². The van der Waals surface area contributed by atoms with Crippen LogP contribution in [0.3, 0.4) is 0 Å². The van der Waals surface area contributed by atoms with Gasteiger partial charge in [-0.3, -0.25) is 4.98 Å². The third kappa shape index (κ3) is 2.68. The fourth-order valence-electron chi connectivity index (χ4n) is 1.62. The van der Waals surface area contributed by atoms with Gasteiger partial charge in [-0.15, -0.1) is 0 Å². The lowest BCUT2D eigenvalue weighted by Crippen LogP contribution is -2.12. The molecule has 0 radical (unpaired) electrons. The van der Waals surface area contributed by atoms with E-state index in [9.17, 15) is 4.39 Å². The van der Waals surface area contributed by atoms with Crippen molar-refractivity contribution < 1.29 is 9.13 Å². The molecule has 2 N–H and O–H groups in total. The molecule has 1 unspecified atom stereocenters. The zero-order valence-electron chi connectivity index (χ0n) is 9.73. The SMILES string of the molecule is COc1cncc(C(N)c2ccc(F)c(Br)c2)c1. The van der Waals surface area contributed by atoms with Gasteiger partial charge < -0.3 is 10.5 Å². The molecule has 0 aliphatic carbocycles. The van der Waals surface area contributed by atoms with Crippen LogP contribution in [-0.4, -0.2) is 12.1 Å². The number of hydrogen-bond donors (Lipinski definition) is 1. The predicted molar refractivity (Wildman–Crippen MR) is 70.9 cm³/mol. The minimum absolute atomic E-state index is 0.310. The van der Waals surface area contributed by atoms with E-state index in [1.807, 2.05) is 6.07 Å². The minimum Gasteiger partial charge on any atom is -0.495 e. The van der Waals surface area contributed by atoms with E-state index in [-0.39, 0.29) is 11.9 Å². The Bertz CT molecular complexity index is 562. The first-order valence-corrected chi connectivity index (χ1v) is 6.10. The number of pyridine rings is 1. The van der Waals surface area contributed by atoms with Gasteiger partial charge in [0.2, 0.25) is 0 Å². The highest BCUT2D eigenvalue weighted by Gasteiger charge is 2.12. The molecule has 5 heteroatoms. The molecule has 0 saturated heterocycles. The molecule has 0 saturated carbocycles. The summed E-state index contributed by atoms with van der Waals surface area (Å²) >= 11 is 3.14. The minimum atomic E-state index is -0.371. The molecule has 1 atom stereocenters. The summed E-state index contributed by atoms with van der Waals surface area (Å²) in [5.74, 6) is 0.332. The van der Waals surface area contributed by atoms with Crippen LogP contribution in [-0.2, 0) is 0 Å². The Morgan fingerprint density at radius 2 is 2.06 bits per heavy atom. The van der Waals surface area contributed by atoms with Gasteiger partial charge in [0.05, 0.1) is 23.8 Å². The Labute approximate surface area is 113 Å². The smallest absolute Gasteiger partial charge is 0.137 e. The largest absolute Gasteiger partial charge is 0.495 e.